The van der Waals surface area contributed by atoms with Crippen LogP contribution in [0.3, 0.4) is 0 Å². The minimum Gasteiger partial charge on any atom is -0.483 e. The molecule has 0 saturated carbocycles. The first-order valence-corrected chi connectivity index (χ1v) is 8.55. The number of anilines is 2. The average Bonchev–Trinajstić information content (AvgIpc) is 2.65. The fourth-order valence-corrected chi connectivity index (χ4v) is 2.44. The number of hydrogen-bond donors (Lipinski definition) is 4. The van der Waals surface area contributed by atoms with E-state index in [-0.39, 0.29) is 24.9 Å². The molecule has 0 bridgehead atoms. The van der Waals surface area contributed by atoms with Crippen molar-refractivity contribution in [2.24, 2.45) is 5.73 Å². The Bertz CT molecular complexity index is 786. The third kappa shape index (κ3) is 8.17. The molecule has 0 radical (unpaired) electrons. The van der Waals surface area contributed by atoms with Gasteiger partial charge in [-0.05, 0) is 30.2 Å². The first-order chi connectivity index (χ1) is 13.4. The molecule has 5 N–H and O–H groups in total. The minimum absolute atomic E-state index is 0.0663. The Morgan fingerprint density at radius 3 is 2.43 bits per heavy atom. The molecular weight excluding hydrogens is 386 g/mol. The van der Waals surface area contributed by atoms with Crippen molar-refractivity contribution >= 4 is 41.3 Å². The average molecular weight is 408 g/mol. The van der Waals surface area contributed by atoms with Gasteiger partial charge in [-0.25, -0.2) is 0 Å². The molecule has 1 unspecified atom stereocenters. The molecule has 28 heavy (non-hydrogen) atoms. The molecule has 0 aromatic heterocycles. The van der Waals surface area contributed by atoms with Crippen LogP contribution in [0.25, 0.3) is 0 Å². The maximum absolute atomic E-state index is 12.2. The third-order valence-electron chi connectivity index (χ3n) is 3.42. The summed E-state index contributed by atoms with van der Waals surface area (Å²) in [6.45, 7) is -0.316. The highest BCUT2D eigenvalue weighted by molar-refractivity contribution is 6.34. The lowest BCUT2D eigenvalue weighted by atomic mass is 10.1. The van der Waals surface area contributed by atoms with Gasteiger partial charge in [0.2, 0.25) is 11.8 Å². The van der Waals surface area contributed by atoms with Gasteiger partial charge in [-0.15, -0.1) is 0 Å². The summed E-state index contributed by atoms with van der Waals surface area (Å²) in [5, 5.41) is 12.5. The van der Waals surface area contributed by atoms with E-state index in [1.54, 1.807) is 18.2 Å². The lowest BCUT2D eigenvalue weighted by Crippen LogP contribution is -2.37. The second-order valence-corrected chi connectivity index (χ2v) is 5.97. The number of nitrogens with two attached hydrogens (primary N) is 1. The Balaban J connectivity index is 0.00000122. The largest absolute Gasteiger partial charge is 0.483 e. The number of rotatable bonds is 7. The fraction of sp³-hybridized carbons (Fsp3) is 0.211. The second kappa shape index (κ2) is 12.4. The molecule has 0 heterocycles. The number of carbonyl (C=O) groups is 3. The van der Waals surface area contributed by atoms with Crippen LogP contribution in [0.1, 0.15) is 5.56 Å². The van der Waals surface area contributed by atoms with Crippen molar-refractivity contribution in [1.29, 1.82) is 0 Å². The third-order valence-corrected chi connectivity index (χ3v) is 3.73. The summed E-state index contributed by atoms with van der Waals surface area (Å²) in [4.78, 5) is 32.1. The molecule has 0 aliphatic rings. The zero-order valence-electron chi connectivity index (χ0n) is 15.2. The molecule has 9 heteroatoms. The van der Waals surface area contributed by atoms with Crippen LogP contribution in [0.5, 0.6) is 0 Å². The first-order valence-electron chi connectivity index (χ1n) is 8.17. The van der Waals surface area contributed by atoms with E-state index >= 15 is 0 Å². The van der Waals surface area contributed by atoms with Crippen molar-refractivity contribution < 1.29 is 24.2 Å². The Kier molecular flexibility index (Phi) is 10.3. The van der Waals surface area contributed by atoms with Crippen LogP contribution in [-0.4, -0.2) is 43.2 Å². The van der Waals surface area contributed by atoms with Crippen LogP contribution in [0.4, 0.5) is 11.4 Å². The molecule has 0 spiro atoms. The van der Waals surface area contributed by atoms with E-state index in [2.05, 4.69) is 10.6 Å². The van der Waals surface area contributed by atoms with Crippen LogP contribution >= 0.6 is 11.6 Å². The molecule has 2 rings (SSSR count). The van der Waals surface area contributed by atoms with Crippen molar-refractivity contribution in [3.63, 3.8) is 0 Å². The molecule has 0 fully saturated rings. The summed E-state index contributed by atoms with van der Waals surface area (Å²) in [6, 6.07) is 13.7. The summed E-state index contributed by atoms with van der Waals surface area (Å²) in [5.74, 6) is -0.623. The van der Waals surface area contributed by atoms with E-state index in [0.717, 1.165) is 5.56 Å². The summed E-state index contributed by atoms with van der Waals surface area (Å²) < 4.78 is 4.74. The number of carbonyl (C=O) groups excluding carboxylic acids is 2. The van der Waals surface area contributed by atoms with E-state index in [9.17, 15) is 9.59 Å². The smallest absolute Gasteiger partial charge is 0.290 e. The van der Waals surface area contributed by atoms with Crippen molar-refractivity contribution in [3.8, 4) is 0 Å². The molecule has 2 aromatic carbocycles. The van der Waals surface area contributed by atoms with E-state index in [4.69, 9.17) is 32.0 Å². The Hall–Kier alpha value is -2.94. The van der Waals surface area contributed by atoms with Crippen molar-refractivity contribution in [2.75, 3.05) is 24.4 Å². The number of nitrogens with one attached hydrogen (secondary N) is 2. The number of carboxylic acid groups (broad SMARTS) is 1. The molecule has 1 atom stereocenters. The highest BCUT2D eigenvalue weighted by Gasteiger charge is 2.15. The summed E-state index contributed by atoms with van der Waals surface area (Å²) in [5.41, 5.74) is 7.88. The standard InChI is InChI=1S/C18H20ClN3O3.CH2O2/c1-25-11-17(23)22-16-8-7-13(10-14(16)19)21-18(24)15(20)9-12-5-3-2-4-6-12;2-1-3/h2-8,10,15H,9,11,20H2,1H3,(H,21,24)(H,22,23);1H,(H,2,3). The highest BCUT2D eigenvalue weighted by Crippen LogP contribution is 2.25. The molecule has 0 aliphatic carbocycles. The van der Waals surface area contributed by atoms with Gasteiger partial charge in [0.05, 0.1) is 16.8 Å². The normalized spacial score (nSPS) is 10.8. The van der Waals surface area contributed by atoms with Crippen LogP contribution in [0.2, 0.25) is 5.02 Å². The van der Waals surface area contributed by atoms with E-state index in [1.165, 1.54) is 7.11 Å². The number of amides is 2. The van der Waals surface area contributed by atoms with E-state index in [1.807, 2.05) is 30.3 Å². The Morgan fingerprint density at radius 2 is 1.86 bits per heavy atom. The maximum atomic E-state index is 12.2. The quantitative estimate of drug-likeness (QED) is 0.520. The van der Waals surface area contributed by atoms with Crippen molar-refractivity contribution in [2.45, 2.75) is 12.5 Å². The van der Waals surface area contributed by atoms with Gasteiger partial charge in [0, 0.05) is 12.8 Å². The van der Waals surface area contributed by atoms with Gasteiger partial charge in [0.1, 0.15) is 6.61 Å². The van der Waals surface area contributed by atoms with Gasteiger partial charge >= 0.3 is 0 Å². The first kappa shape index (κ1) is 23.1. The Labute approximate surface area is 167 Å². The number of hydrogen-bond acceptors (Lipinski definition) is 5. The van der Waals surface area contributed by atoms with Crippen LogP contribution in [0, 0.1) is 0 Å². The SMILES string of the molecule is COCC(=O)Nc1ccc(NC(=O)C(N)Cc2ccccc2)cc1Cl.O=CO. The summed E-state index contributed by atoms with van der Waals surface area (Å²) in [7, 11) is 1.43. The fourth-order valence-electron chi connectivity index (χ4n) is 2.21. The molecule has 8 nitrogen and oxygen atoms in total. The number of methoxy groups -OCH3 is 1. The number of halogens is 1. The molecule has 150 valence electrons. The summed E-state index contributed by atoms with van der Waals surface area (Å²) >= 11 is 6.13. The second-order valence-electron chi connectivity index (χ2n) is 5.57. The highest BCUT2D eigenvalue weighted by atomic mass is 35.5. The molecule has 0 aliphatic heterocycles. The van der Waals surface area contributed by atoms with Gasteiger partial charge in [-0.1, -0.05) is 41.9 Å². The van der Waals surface area contributed by atoms with Gasteiger partial charge in [-0.3, -0.25) is 14.4 Å². The molecule has 0 saturated heterocycles. The lowest BCUT2D eigenvalue weighted by molar-refractivity contribution is -0.123. The predicted molar refractivity (Wildman–Crippen MR) is 107 cm³/mol. The van der Waals surface area contributed by atoms with E-state index in [0.29, 0.717) is 22.8 Å². The van der Waals surface area contributed by atoms with Crippen LogP contribution in [-0.2, 0) is 25.5 Å². The topological polar surface area (TPSA) is 131 Å². The maximum Gasteiger partial charge on any atom is 0.290 e. The summed E-state index contributed by atoms with van der Waals surface area (Å²) in [6.07, 6.45) is 0.436. The lowest BCUT2D eigenvalue weighted by Gasteiger charge is -2.14. The Morgan fingerprint density at radius 1 is 1.21 bits per heavy atom. The number of benzene rings is 2. The zero-order valence-corrected chi connectivity index (χ0v) is 16.0. The number of ether oxygens (including phenoxy) is 1. The molecular formula is C19H22ClN3O5. The van der Waals surface area contributed by atoms with Crippen molar-refractivity contribution in [1.82, 2.24) is 0 Å². The van der Waals surface area contributed by atoms with Crippen LogP contribution in [0.15, 0.2) is 48.5 Å². The molecule has 2 aromatic rings. The molecule has 2 amide bonds. The van der Waals surface area contributed by atoms with Crippen LogP contribution < -0.4 is 16.4 Å². The zero-order chi connectivity index (χ0) is 20.9. The van der Waals surface area contributed by atoms with Gasteiger partial charge in [-0.2, -0.15) is 0 Å². The van der Waals surface area contributed by atoms with Crippen molar-refractivity contribution in [3.05, 3.63) is 59.1 Å². The predicted octanol–water partition coefficient (Wildman–Crippen LogP) is 2.13. The monoisotopic (exact) mass is 407 g/mol. The van der Waals surface area contributed by atoms with E-state index < -0.39 is 6.04 Å². The van der Waals surface area contributed by atoms with Gasteiger partial charge < -0.3 is 26.2 Å². The van der Waals surface area contributed by atoms with Gasteiger partial charge in [0.15, 0.2) is 0 Å². The van der Waals surface area contributed by atoms with Gasteiger partial charge in [0.25, 0.3) is 6.47 Å². The minimum atomic E-state index is -0.678.